The summed E-state index contributed by atoms with van der Waals surface area (Å²) in [6.07, 6.45) is 1.54. The zero-order valence-electron chi connectivity index (χ0n) is 15.7. The SMILES string of the molecule is O=C1c2oc3ccc(Cl)cc3c(=O)c2[C@H](c2ccco2)N1CC[NH+]1CCOCC1. The Morgan fingerprint density at radius 1 is 1.17 bits per heavy atom. The highest BCUT2D eigenvalue weighted by Crippen LogP contribution is 2.38. The molecule has 1 aromatic carbocycles. The Hall–Kier alpha value is -2.61. The van der Waals surface area contributed by atoms with Gasteiger partial charge in [-0.3, -0.25) is 9.59 Å². The molecule has 8 heteroatoms. The molecule has 3 aromatic rings. The number of nitrogens with zero attached hydrogens (tertiary/aromatic N) is 1. The van der Waals surface area contributed by atoms with Crippen molar-refractivity contribution < 1.29 is 23.3 Å². The Bertz CT molecular complexity index is 1120. The molecule has 5 rings (SSSR count). The van der Waals surface area contributed by atoms with Gasteiger partial charge in [0.2, 0.25) is 5.76 Å². The summed E-state index contributed by atoms with van der Waals surface area (Å²) in [6, 6.07) is 7.77. The highest BCUT2D eigenvalue weighted by atomic mass is 35.5. The molecule has 2 aromatic heterocycles. The van der Waals surface area contributed by atoms with E-state index in [1.165, 1.54) is 4.90 Å². The molecule has 0 spiro atoms. The van der Waals surface area contributed by atoms with E-state index in [-0.39, 0.29) is 17.1 Å². The zero-order valence-corrected chi connectivity index (χ0v) is 16.4. The van der Waals surface area contributed by atoms with Gasteiger partial charge in [-0.05, 0) is 30.3 Å². The van der Waals surface area contributed by atoms with Crippen LogP contribution in [0.1, 0.15) is 27.9 Å². The van der Waals surface area contributed by atoms with Crippen LogP contribution in [0.2, 0.25) is 5.02 Å². The lowest BCUT2D eigenvalue weighted by Crippen LogP contribution is -3.14. The quantitative estimate of drug-likeness (QED) is 0.698. The smallest absolute Gasteiger partial charge is 0.291 e. The molecule has 0 unspecified atom stereocenters. The van der Waals surface area contributed by atoms with E-state index in [9.17, 15) is 9.59 Å². The molecule has 0 aliphatic carbocycles. The lowest BCUT2D eigenvalue weighted by molar-refractivity contribution is -0.907. The average Bonchev–Trinajstić information content (AvgIpc) is 3.35. The number of hydrogen-bond acceptors (Lipinski definition) is 5. The second-order valence-electron chi connectivity index (χ2n) is 7.34. The van der Waals surface area contributed by atoms with Crippen molar-refractivity contribution in [1.82, 2.24) is 4.90 Å². The maximum atomic E-state index is 13.3. The number of rotatable bonds is 4. The van der Waals surface area contributed by atoms with Crippen molar-refractivity contribution >= 4 is 28.5 Å². The van der Waals surface area contributed by atoms with Gasteiger partial charge in [0.15, 0.2) is 5.43 Å². The van der Waals surface area contributed by atoms with E-state index in [4.69, 9.17) is 25.2 Å². The van der Waals surface area contributed by atoms with Crippen LogP contribution >= 0.6 is 11.6 Å². The zero-order chi connectivity index (χ0) is 20.0. The van der Waals surface area contributed by atoms with Gasteiger partial charge in [-0.15, -0.1) is 0 Å². The summed E-state index contributed by atoms with van der Waals surface area (Å²) < 4.78 is 16.9. The minimum atomic E-state index is -0.604. The molecule has 0 radical (unpaired) electrons. The van der Waals surface area contributed by atoms with Crippen LogP contribution < -0.4 is 10.3 Å². The normalized spacial score (nSPS) is 19.8. The predicted molar refractivity (Wildman–Crippen MR) is 105 cm³/mol. The molecule has 4 heterocycles. The molecule has 7 nitrogen and oxygen atoms in total. The highest BCUT2D eigenvalue weighted by molar-refractivity contribution is 6.31. The van der Waals surface area contributed by atoms with E-state index in [1.54, 1.807) is 41.5 Å². The molecule has 150 valence electrons. The van der Waals surface area contributed by atoms with Gasteiger partial charge in [-0.2, -0.15) is 0 Å². The third kappa shape index (κ3) is 3.15. The molecular formula is C21H20ClN2O5+. The standard InChI is InChI=1S/C21H19ClN2O5/c22-13-3-4-15-14(12-13)19(25)17-18(16-2-1-9-28-16)24(21(26)20(17)29-15)6-5-23-7-10-27-11-8-23/h1-4,9,12,18H,5-8,10-11H2/p+1/t18-/m0/s1. The van der Waals surface area contributed by atoms with Gasteiger partial charge < -0.3 is 23.4 Å². The van der Waals surface area contributed by atoms with Crippen LogP contribution in [-0.4, -0.2) is 50.2 Å². The number of halogens is 1. The lowest BCUT2D eigenvalue weighted by atomic mass is 10.0. The molecule has 29 heavy (non-hydrogen) atoms. The summed E-state index contributed by atoms with van der Waals surface area (Å²) in [5.74, 6) is 0.342. The van der Waals surface area contributed by atoms with Crippen LogP contribution in [-0.2, 0) is 4.74 Å². The third-order valence-electron chi connectivity index (χ3n) is 5.65. The van der Waals surface area contributed by atoms with Crippen molar-refractivity contribution in [3.05, 3.63) is 68.9 Å². The predicted octanol–water partition coefficient (Wildman–Crippen LogP) is 1.50. The summed E-state index contributed by atoms with van der Waals surface area (Å²) in [5, 5.41) is 0.803. The van der Waals surface area contributed by atoms with Crippen molar-refractivity contribution in [2.75, 3.05) is 39.4 Å². The topological polar surface area (TPSA) is 77.3 Å². The van der Waals surface area contributed by atoms with Gasteiger partial charge >= 0.3 is 0 Å². The number of amides is 1. The maximum absolute atomic E-state index is 13.3. The van der Waals surface area contributed by atoms with Crippen molar-refractivity contribution in [2.45, 2.75) is 6.04 Å². The van der Waals surface area contributed by atoms with Crippen molar-refractivity contribution in [2.24, 2.45) is 0 Å². The van der Waals surface area contributed by atoms with Crippen LogP contribution in [0.25, 0.3) is 11.0 Å². The molecule has 1 amide bonds. The molecule has 1 fully saturated rings. The van der Waals surface area contributed by atoms with Crippen LogP contribution in [0.4, 0.5) is 0 Å². The first-order valence-electron chi connectivity index (χ1n) is 9.65. The molecule has 2 aliphatic rings. The number of carbonyl (C=O) groups excluding carboxylic acids is 1. The first-order chi connectivity index (χ1) is 14.1. The van der Waals surface area contributed by atoms with E-state index in [0.717, 1.165) is 32.8 Å². The monoisotopic (exact) mass is 415 g/mol. The Labute approximate surface area is 171 Å². The third-order valence-corrected chi connectivity index (χ3v) is 5.88. The number of benzene rings is 1. The summed E-state index contributed by atoms with van der Waals surface area (Å²) >= 11 is 6.08. The number of furan rings is 1. The van der Waals surface area contributed by atoms with E-state index < -0.39 is 6.04 Å². The minimum Gasteiger partial charge on any atom is -0.467 e. The van der Waals surface area contributed by atoms with Gasteiger partial charge in [0.1, 0.15) is 30.5 Å². The summed E-state index contributed by atoms with van der Waals surface area (Å²) in [5.41, 5.74) is 0.418. The fourth-order valence-corrected chi connectivity index (χ4v) is 4.33. The molecule has 0 saturated carbocycles. The second-order valence-corrected chi connectivity index (χ2v) is 7.78. The van der Waals surface area contributed by atoms with Gasteiger partial charge in [0.25, 0.3) is 5.91 Å². The molecule has 1 saturated heterocycles. The maximum Gasteiger partial charge on any atom is 0.291 e. The average molecular weight is 416 g/mol. The fourth-order valence-electron chi connectivity index (χ4n) is 4.15. The Balaban J connectivity index is 1.58. The highest BCUT2D eigenvalue weighted by Gasteiger charge is 2.44. The second kappa shape index (κ2) is 7.33. The number of morpholine rings is 1. The molecular weight excluding hydrogens is 396 g/mol. The Kier molecular flexibility index (Phi) is 4.66. The first kappa shape index (κ1) is 18.4. The molecule has 1 atom stereocenters. The number of fused-ring (bicyclic) bond motifs is 2. The van der Waals surface area contributed by atoms with Crippen molar-refractivity contribution in [1.29, 1.82) is 0 Å². The number of quaternary nitrogens is 1. The summed E-state index contributed by atoms with van der Waals surface area (Å²) in [7, 11) is 0. The molecule has 0 bridgehead atoms. The van der Waals surface area contributed by atoms with E-state index in [2.05, 4.69) is 0 Å². The van der Waals surface area contributed by atoms with Gasteiger partial charge in [0, 0.05) is 5.02 Å². The van der Waals surface area contributed by atoms with Crippen LogP contribution in [0.5, 0.6) is 0 Å². The van der Waals surface area contributed by atoms with E-state index >= 15 is 0 Å². The van der Waals surface area contributed by atoms with Gasteiger partial charge in [-0.1, -0.05) is 11.6 Å². The summed E-state index contributed by atoms with van der Waals surface area (Å²) in [6.45, 7) is 4.49. The largest absolute Gasteiger partial charge is 0.467 e. The number of hydrogen-bond donors (Lipinski definition) is 1. The van der Waals surface area contributed by atoms with Crippen molar-refractivity contribution in [3.8, 4) is 0 Å². The first-order valence-corrected chi connectivity index (χ1v) is 10.0. The Morgan fingerprint density at radius 2 is 2.00 bits per heavy atom. The van der Waals surface area contributed by atoms with E-state index in [1.807, 2.05) is 0 Å². The minimum absolute atomic E-state index is 0.0863. The summed E-state index contributed by atoms with van der Waals surface area (Å²) in [4.78, 5) is 29.6. The molecule has 2 aliphatic heterocycles. The van der Waals surface area contributed by atoms with Crippen LogP contribution in [0, 0.1) is 0 Å². The number of carbonyl (C=O) groups is 1. The van der Waals surface area contributed by atoms with Gasteiger partial charge in [0.05, 0.1) is 43.5 Å². The number of ether oxygens (including phenoxy) is 1. The van der Waals surface area contributed by atoms with E-state index in [0.29, 0.717) is 33.9 Å². The molecule has 1 N–H and O–H groups in total. The lowest BCUT2D eigenvalue weighted by Gasteiger charge is -2.28. The fraction of sp³-hybridized carbons (Fsp3) is 0.333. The number of nitrogens with one attached hydrogen (secondary N) is 1. The van der Waals surface area contributed by atoms with Crippen LogP contribution in [0.3, 0.4) is 0 Å². The van der Waals surface area contributed by atoms with Gasteiger partial charge in [-0.25, -0.2) is 0 Å². The van der Waals surface area contributed by atoms with Crippen molar-refractivity contribution in [3.63, 3.8) is 0 Å². The van der Waals surface area contributed by atoms with Crippen LogP contribution in [0.15, 0.2) is 50.2 Å². The Morgan fingerprint density at radius 3 is 2.76 bits per heavy atom.